The summed E-state index contributed by atoms with van der Waals surface area (Å²) in [7, 11) is -3.79. The second kappa shape index (κ2) is 5.77. The SMILES string of the molecule is O=C(CS(=O)(=O)c1ccc(F)cc1)Nc1nc2c(s1)CCC2. The van der Waals surface area contributed by atoms with Crippen molar-refractivity contribution in [3.8, 4) is 0 Å². The molecule has 5 nitrogen and oxygen atoms in total. The van der Waals surface area contributed by atoms with E-state index in [0.717, 1.165) is 54.1 Å². The Morgan fingerprint density at radius 3 is 2.68 bits per heavy atom. The molecule has 0 saturated carbocycles. The van der Waals surface area contributed by atoms with Crippen LogP contribution in [0, 0.1) is 5.82 Å². The number of nitrogens with zero attached hydrogens (tertiary/aromatic N) is 1. The van der Waals surface area contributed by atoms with Crippen LogP contribution >= 0.6 is 11.3 Å². The number of carbonyl (C=O) groups is 1. The van der Waals surface area contributed by atoms with Crippen molar-refractivity contribution in [2.24, 2.45) is 0 Å². The van der Waals surface area contributed by atoms with Crippen LogP contribution in [0.4, 0.5) is 9.52 Å². The Balaban J connectivity index is 1.69. The largest absolute Gasteiger partial charge is 0.301 e. The molecular weight excluding hydrogens is 327 g/mol. The van der Waals surface area contributed by atoms with Crippen molar-refractivity contribution in [3.05, 3.63) is 40.7 Å². The van der Waals surface area contributed by atoms with Gasteiger partial charge in [0.05, 0.1) is 10.6 Å². The number of hydrogen-bond donors (Lipinski definition) is 1. The van der Waals surface area contributed by atoms with Crippen LogP contribution < -0.4 is 5.32 Å². The summed E-state index contributed by atoms with van der Waals surface area (Å²) in [4.78, 5) is 17.3. The number of fused-ring (bicyclic) bond motifs is 1. The van der Waals surface area contributed by atoms with Gasteiger partial charge < -0.3 is 5.32 Å². The van der Waals surface area contributed by atoms with E-state index in [2.05, 4.69) is 10.3 Å². The summed E-state index contributed by atoms with van der Waals surface area (Å²) >= 11 is 1.39. The molecule has 1 aromatic carbocycles. The molecule has 0 saturated heterocycles. The van der Waals surface area contributed by atoms with Crippen molar-refractivity contribution in [1.82, 2.24) is 4.98 Å². The van der Waals surface area contributed by atoms with Gasteiger partial charge in [-0.15, -0.1) is 11.3 Å². The lowest BCUT2D eigenvalue weighted by atomic mass is 10.4. The highest BCUT2D eigenvalue weighted by Crippen LogP contribution is 2.30. The number of sulfone groups is 1. The Labute approximate surface area is 131 Å². The predicted molar refractivity (Wildman–Crippen MR) is 81.2 cm³/mol. The predicted octanol–water partition coefficient (Wildman–Crippen LogP) is 2.18. The molecule has 3 rings (SSSR count). The first-order valence-electron chi connectivity index (χ1n) is 6.71. The molecule has 1 amide bonds. The van der Waals surface area contributed by atoms with Gasteiger partial charge in [0.25, 0.3) is 0 Å². The van der Waals surface area contributed by atoms with Crippen LogP contribution in [0.5, 0.6) is 0 Å². The molecule has 1 aliphatic carbocycles. The molecule has 0 bridgehead atoms. The number of benzene rings is 1. The average Bonchev–Trinajstić information content (AvgIpc) is 2.99. The molecule has 8 heteroatoms. The number of aryl methyl sites for hydroxylation is 2. The highest BCUT2D eigenvalue weighted by molar-refractivity contribution is 7.92. The third kappa shape index (κ3) is 3.17. The Bertz CT molecular complexity index is 792. The number of anilines is 1. The van der Waals surface area contributed by atoms with Gasteiger partial charge in [0.15, 0.2) is 15.0 Å². The quantitative estimate of drug-likeness (QED) is 0.866. The molecule has 1 aromatic heterocycles. The Hall–Kier alpha value is -1.80. The number of carbonyl (C=O) groups excluding carboxylic acids is 1. The van der Waals surface area contributed by atoms with Gasteiger partial charge in [-0.3, -0.25) is 4.79 Å². The molecule has 1 N–H and O–H groups in total. The van der Waals surface area contributed by atoms with E-state index in [1.54, 1.807) is 0 Å². The number of amides is 1. The van der Waals surface area contributed by atoms with Gasteiger partial charge >= 0.3 is 0 Å². The molecule has 0 unspecified atom stereocenters. The van der Waals surface area contributed by atoms with Crippen molar-refractivity contribution in [3.63, 3.8) is 0 Å². The lowest BCUT2D eigenvalue weighted by Crippen LogP contribution is -2.23. The first kappa shape index (κ1) is 15.1. The molecule has 1 heterocycles. The van der Waals surface area contributed by atoms with Gasteiger partial charge in [0.1, 0.15) is 11.6 Å². The first-order chi connectivity index (χ1) is 10.4. The molecule has 0 aliphatic heterocycles. The summed E-state index contributed by atoms with van der Waals surface area (Å²) in [6.07, 6.45) is 2.92. The van der Waals surface area contributed by atoms with Crippen LogP contribution in [0.2, 0.25) is 0 Å². The number of thiazole rings is 1. The first-order valence-corrected chi connectivity index (χ1v) is 9.18. The van der Waals surface area contributed by atoms with Crippen LogP contribution in [0.3, 0.4) is 0 Å². The third-order valence-electron chi connectivity index (χ3n) is 3.34. The molecule has 0 atom stereocenters. The molecule has 0 radical (unpaired) electrons. The highest BCUT2D eigenvalue weighted by Gasteiger charge is 2.22. The number of nitrogens with one attached hydrogen (secondary N) is 1. The minimum atomic E-state index is -3.79. The molecule has 116 valence electrons. The molecule has 0 spiro atoms. The van der Waals surface area contributed by atoms with E-state index in [0.29, 0.717) is 5.13 Å². The zero-order chi connectivity index (χ0) is 15.7. The zero-order valence-electron chi connectivity index (χ0n) is 11.5. The lowest BCUT2D eigenvalue weighted by molar-refractivity contribution is -0.113. The number of halogens is 1. The van der Waals surface area contributed by atoms with E-state index in [1.165, 1.54) is 11.3 Å². The number of aromatic nitrogens is 1. The number of hydrogen-bond acceptors (Lipinski definition) is 5. The number of rotatable bonds is 4. The fraction of sp³-hybridized carbons (Fsp3) is 0.286. The Morgan fingerprint density at radius 2 is 2.00 bits per heavy atom. The molecule has 22 heavy (non-hydrogen) atoms. The van der Waals surface area contributed by atoms with Gasteiger partial charge in [-0.2, -0.15) is 0 Å². The Morgan fingerprint density at radius 1 is 1.27 bits per heavy atom. The fourth-order valence-electron chi connectivity index (χ4n) is 2.30. The monoisotopic (exact) mass is 340 g/mol. The fourth-order valence-corrected chi connectivity index (χ4v) is 4.50. The summed E-state index contributed by atoms with van der Waals surface area (Å²) in [5.74, 6) is -1.86. The van der Waals surface area contributed by atoms with E-state index in [-0.39, 0.29) is 4.90 Å². The van der Waals surface area contributed by atoms with Crippen molar-refractivity contribution < 1.29 is 17.6 Å². The molecule has 1 aliphatic rings. The second-order valence-corrected chi connectivity index (χ2v) is 8.08. The summed E-state index contributed by atoms with van der Waals surface area (Å²) in [6, 6.07) is 4.40. The Kier molecular flexibility index (Phi) is 3.96. The lowest BCUT2D eigenvalue weighted by Gasteiger charge is -2.04. The van der Waals surface area contributed by atoms with E-state index in [9.17, 15) is 17.6 Å². The minimum Gasteiger partial charge on any atom is -0.301 e. The normalized spacial score (nSPS) is 13.9. The van der Waals surface area contributed by atoms with Crippen LogP contribution in [0.15, 0.2) is 29.2 Å². The molecule has 2 aromatic rings. The van der Waals surface area contributed by atoms with Gasteiger partial charge in [0.2, 0.25) is 5.91 Å². The van der Waals surface area contributed by atoms with Crippen molar-refractivity contribution in [2.45, 2.75) is 24.2 Å². The van der Waals surface area contributed by atoms with Crippen molar-refractivity contribution in [1.29, 1.82) is 0 Å². The van der Waals surface area contributed by atoms with Gasteiger partial charge in [-0.25, -0.2) is 17.8 Å². The zero-order valence-corrected chi connectivity index (χ0v) is 13.1. The van der Waals surface area contributed by atoms with Gasteiger partial charge in [-0.05, 0) is 43.5 Å². The smallest absolute Gasteiger partial charge is 0.241 e. The van der Waals surface area contributed by atoms with Crippen molar-refractivity contribution >= 4 is 32.2 Å². The van der Waals surface area contributed by atoms with E-state index in [1.807, 2.05) is 0 Å². The van der Waals surface area contributed by atoms with E-state index < -0.39 is 27.3 Å². The summed E-state index contributed by atoms with van der Waals surface area (Å²) in [5.41, 5.74) is 0.988. The maximum atomic E-state index is 12.8. The summed E-state index contributed by atoms with van der Waals surface area (Å²) < 4.78 is 37.0. The summed E-state index contributed by atoms with van der Waals surface area (Å²) in [5, 5.41) is 2.96. The van der Waals surface area contributed by atoms with Crippen LogP contribution in [0.1, 0.15) is 17.0 Å². The average molecular weight is 340 g/mol. The topological polar surface area (TPSA) is 76.1 Å². The standard InChI is InChI=1S/C14H13FN2O3S2/c15-9-4-6-10(7-5-9)22(19,20)8-13(18)17-14-16-11-2-1-3-12(11)21-14/h4-7H,1-3,8H2,(H,16,17,18). The van der Waals surface area contributed by atoms with Crippen LogP contribution in [-0.4, -0.2) is 25.1 Å². The second-order valence-electron chi connectivity index (χ2n) is 5.00. The van der Waals surface area contributed by atoms with Crippen LogP contribution in [-0.2, 0) is 27.5 Å². The molecular formula is C14H13FN2O3S2. The third-order valence-corrected chi connectivity index (χ3v) is 6.04. The van der Waals surface area contributed by atoms with Crippen LogP contribution in [0.25, 0.3) is 0 Å². The van der Waals surface area contributed by atoms with Crippen molar-refractivity contribution in [2.75, 3.05) is 11.1 Å². The highest BCUT2D eigenvalue weighted by atomic mass is 32.2. The maximum Gasteiger partial charge on any atom is 0.241 e. The minimum absolute atomic E-state index is 0.0781. The van der Waals surface area contributed by atoms with E-state index in [4.69, 9.17) is 0 Å². The van der Waals surface area contributed by atoms with E-state index >= 15 is 0 Å². The van der Waals surface area contributed by atoms with Gasteiger partial charge in [-0.1, -0.05) is 0 Å². The maximum absolute atomic E-state index is 12.8. The van der Waals surface area contributed by atoms with Gasteiger partial charge in [0, 0.05) is 4.88 Å². The summed E-state index contributed by atoms with van der Waals surface area (Å²) in [6.45, 7) is 0. The molecule has 0 fully saturated rings.